The first kappa shape index (κ1) is 13.9. The first-order chi connectivity index (χ1) is 8.70. The third-order valence-electron chi connectivity index (χ3n) is 4.29. The minimum Gasteiger partial charge on any atom is -0.507 e. The molecule has 104 valence electrons. The van der Waals surface area contributed by atoms with Gasteiger partial charge in [-0.2, -0.15) is 0 Å². The molecule has 3 heteroatoms. The van der Waals surface area contributed by atoms with Crippen molar-refractivity contribution in [1.29, 1.82) is 0 Å². The maximum Gasteiger partial charge on any atom is 0.314 e. The fraction of sp³-hybridized carbons (Fsp3) is 0.562. The van der Waals surface area contributed by atoms with Gasteiger partial charge >= 0.3 is 5.97 Å². The topological polar surface area (TPSA) is 57.5 Å². The Morgan fingerprint density at radius 3 is 2.21 bits per heavy atom. The van der Waals surface area contributed by atoms with Crippen molar-refractivity contribution in [3.05, 3.63) is 28.8 Å². The van der Waals surface area contributed by atoms with Gasteiger partial charge in [0, 0.05) is 5.56 Å². The van der Waals surface area contributed by atoms with Gasteiger partial charge in [0.25, 0.3) is 0 Å². The van der Waals surface area contributed by atoms with Crippen molar-refractivity contribution in [1.82, 2.24) is 0 Å². The lowest BCUT2D eigenvalue weighted by molar-refractivity contribution is -0.147. The van der Waals surface area contributed by atoms with E-state index in [1.54, 1.807) is 0 Å². The molecule has 2 rings (SSSR count). The number of phenolic OH excluding ortho intramolecular Hbond substituents is 1. The summed E-state index contributed by atoms with van der Waals surface area (Å²) in [6.45, 7) is 7.95. The standard InChI is InChI=1S/C16H22O3/c1-10-6-7-11(15(2,3)4)13(17)12(10)16(14(18)19)8-5-9-16/h6-7,17H,5,8-9H2,1-4H3,(H,18,19). The summed E-state index contributed by atoms with van der Waals surface area (Å²) < 4.78 is 0. The number of phenols is 1. The molecule has 1 aliphatic rings. The Kier molecular flexibility index (Phi) is 3.12. The first-order valence-electron chi connectivity index (χ1n) is 6.77. The highest BCUT2D eigenvalue weighted by atomic mass is 16.4. The van der Waals surface area contributed by atoms with Gasteiger partial charge in [-0.1, -0.05) is 39.3 Å². The molecule has 0 unspecified atom stereocenters. The van der Waals surface area contributed by atoms with Gasteiger partial charge in [-0.3, -0.25) is 4.79 Å². The predicted octanol–water partition coefficient (Wildman–Crippen LogP) is 3.50. The molecular weight excluding hydrogens is 240 g/mol. The third-order valence-corrected chi connectivity index (χ3v) is 4.29. The molecule has 1 saturated carbocycles. The molecule has 0 heterocycles. The molecule has 0 aromatic heterocycles. The summed E-state index contributed by atoms with van der Waals surface area (Å²) in [5.41, 5.74) is 1.23. The van der Waals surface area contributed by atoms with Crippen LogP contribution in [-0.4, -0.2) is 16.2 Å². The van der Waals surface area contributed by atoms with Crippen molar-refractivity contribution < 1.29 is 15.0 Å². The van der Waals surface area contributed by atoms with E-state index in [-0.39, 0.29) is 11.2 Å². The molecule has 1 fully saturated rings. The third kappa shape index (κ3) is 2.01. The second-order valence-electron chi connectivity index (χ2n) is 6.64. The quantitative estimate of drug-likeness (QED) is 0.857. The molecule has 0 bridgehead atoms. The molecule has 2 N–H and O–H groups in total. The molecule has 3 nitrogen and oxygen atoms in total. The van der Waals surface area contributed by atoms with Crippen molar-refractivity contribution in [3.8, 4) is 5.75 Å². The minimum absolute atomic E-state index is 0.176. The SMILES string of the molecule is Cc1ccc(C(C)(C)C)c(O)c1C1(C(=O)O)CCC1. The zero-order valence-electron chi connectivity index (χ0n) is 12.1. The zero-order chi connectivity index (χ0) is 14.4. The van der Waals surface area contributed by atoms with E-state index in [0.29, 0.717) is 18.4 Å². The van der Waals surface area contributed by atoms with E-state index in [1.165, 1.54) is 0 Å². The van der Waals surface area contributed by atoms with Crippen LogP contribution in [0.5, 0.6) is 5.75 Å². The number of carbonyl (C=O) groups is 1. The predicted molar refractivity (Wildman–Crippen MR) is 74.7 cm³/mol. The van der Waals surface area contributed by atoms with Crippen LogP contribution in [0.3, 0.4) is 0 Å². The van der Waals surface area contributed by atoms with Gasteiger partial charge < -0.3 is 10.2 Å². The average Bonchev–Trinajstić information content (AvgIpc) is 2.18. The van der Waals surface area contributed by atoms with Crippen molar-refractivity contribution in [3.63, 3.8) is 0 Å². The molecule has 19 heavy (non-hydrogen) atoms. The highest BCUT2D eigenvalue weighted by molar-refractivity contribution is 5.84. The lowest BCUT2D eigenvalue weighted by Crippen LogP contribution is -2.43. The number of rotatable bonds is 2. The lowest BCUT2D eigenvalue weighted by atomic mass is 9.62. The van der Waals surface area contributed by atoms with Gasteiger partial charge in [-0.15, -0.1) is 0 Å². The van der Waals surface area contributed by atoms with Gasteiger partial charge in [0.05, 0.1) is 5.41 Å². The van der Waals surface area contributed by atoms with Crippen molar-refractivity contribution in [2.24, 2.45) is 0 Å². The van der Waals surface area contributed by atoms with Gasteiger partial charge in [0.15, 0.2) is 0 Å². The number of hydrogen-bond acceptors (Lipinski definition) is 2. The Labute approximate surface area is 114 Å². The fourth-order valence-corrected chi connectivity index (χ4v) is 3.00. The van der Waals surface area contributed by atoms with Gasteiger partial charge in [0.1, 0.15) is 5.75 Å². The molecular formula is C16H22O3. The van der Waals surface area contributed by atoms with E-state index in [0.717, 1.165) is 17.5 Å². The Morgan fingerprint density at radius 1 is 1.26 bits per heavy atom. The summed E-state index contributed by atoms with van der Waals surface area (Å²) in [4.78, 5) is 11.7. The maximum atomic E-state index is 11.7. The normalized spacial score (nSPS) is 17.9. The Bertz CT molecular complexity index is 520. The van der Waals surface area contributed by atoms with Crippen LogP contribution in [0.25, 0.3) is 0 Å². The lowest BCUT2D eigenvalue weighted by Gasteiger charge is -2.40. The minimum atomic E-state index is -0.880. The van der Waals surface area contributed by atoms with E-state index < -0.39 is 11.4 Å². The molecule has 0 amide bonds. The monoisotopic (exact) mass is 262 g/mol. The Hall–Kier alpha value is -1.51. The number of aryl methyl sites for hydroxylation is 1. The molecule has 1 aromatic carbocycles. The number of benzene rings is 1. The number of carboxylic acid groups (broad SMARTS) is 1. The van der Waals surface area contributed by atoms with Crippen LogP contribution in [-0.2, 0) is 15.6 Å². The van der Waals surface area contributed by atoms with Crippen molar-refractivity contribution >= 4 is 5.97 Å². The van der Waals surface area contributed by atoms with E-state index in [1.807, 2.05) is 39.8 Å². The number of aromatic hydroxyl groups is 1. The highest BCUT2D eigenvalue weighted by Gasteiger charge is 2.49. The molecule has 0 atom stereocenters. The number of aliphatic carboxylic acids is 1. The second kappa shape index (κ2) is 4.26. The molecule has 1 aliphatic carbocycles. The summed E-state index contributed by atoms with van der Waals surface area (Å²) in [5.74, 6) is -0.641. The first-order valence-corrected chi connectivity index (χ1v) is 6.77. The molecule has 0 aliphatic heterocycles. The summed E-state index contributed by atoms with van der Waals surface area (Å²) in [6, 6.07) is 3.83. The van der Waals surface area contributed by atoms with Crippen molar-refractivity contribution in [2.45, 2.75) is 57.8 Å². The van der Waals surface area contributed by atoms with Crippen LogP contribution >= 0.6 is 0 Å². The van der Waals surface area contributed by atoms with E-state index in [4.69, 9.17) is 0 Å². The molecule has 0 saturated heterocycles. The summed E-state index contributed by atoms with van der Waals surface area (Å²) in [5, 5.41) is 20.2. The zero-order valence-corrected chi connectivity index (χ0v) is 12.1. The average molecular weight is 262 g/mol. The van der Waals surface area contributed by atoms with E-state index in [2.05, 4.69) is 0 Å². The number of carboxylic acids is 1. The van der Waals surface area contributed by atoms with Gasteiger partial charge in [0.2, 0.25) is 0 Å². The van der Waals surface area contributed by atoms with E-state index in [9.17, 15) is 15.0 Å². The largest absolute Gasteiger partial charge is 0.507 e. The Morgan fingerprint density at radius 2 is 1.84 bits per heavy atom. The van der Waals surface area contributed by atoms with Crippen molar-refractivity contribution in [2.75, 3.05) is 0 Å². The molecule has 0 radical (unpaired) electrons. The van der Waals surface area contributed by atoms with Crippen LogP contribution in [0, 0.1) is 6.92 Å². The molecule has 1 aromatic rings. The summed E-state index contributed by atoms with van der Waals surface area (Å²) >= 11 is 0. The highest BCUT2D eigenvalue weighted by Crippen LogP contribution is 2.50. The second-order valence-corrected chi connectivity index (χ2v) is 6.64. The van der Waals surface area contributed by atoms with Crippen LogP contribution in [0.2, 0.25) is 0 Å². The van der Waals surface area contributed by atoms with Gasteiger partial charge in [-0.05, 0) is 36.3 Å². The van der Waals surface area contributed by atoms with Gasteiger partial charge in [-0.25, -0.2) is 0 Å². The maximum absolute atomic E-state index is 11.7. The van der Waals surface area contributed by atoms with Crippen LogP contribution in [0.15, 0.2) is 12.1 Å². The summed E-state index contributed by atoms with van der Waals surface area (Å²) in [7, 11) is 0. The molecule has 0 spiro atoms. The number of hydrogen-bond donors (Lipinski definition) is 2. The Balaban J connectivity index is 2.67. The van der Waals surface area contributed by atoms with Crippen LogP contribution in [0.4, 0.5) is 0 Å². The van der Waals surface area contributed by atoms with Crippen LogP contribution < -0.4 is 0 Å². The van der Waals surface area contributed by atoms with E-state index >= 15 is 0 Å². The fourth-order valence-electron chi connectivity index (χ4n) is 3.00. The smallest absolute Gasteiger partial charge is 0.314 e. The van der Waals surface area contributed by atoms with Crippen LogP contribution in [0.1, 0.15) is 56.7 Å². The summed E-state index contributed by atoms with van der Waals surface area (Å²) in [6.07, 6.45) is 2.14.